The van der Waals surface area contributed by atoms with Gasteiger partial charge >= 0.3 is 0 Å². The molecule has 1 atom stereocenters. The highest BCUT2D eigenvalue weighted by atomic mass is 16.5. The van der Waals surface area contributed by atoms with Crippen molar-refractivity contribution in [3.8, 4) is 5.75 Å². The van der Waals surface area contributed by atoms with Gasteiger partial charge in [0.1, 0.15) is 5.75 Å². The standard InChI is InChI=1S/C16H28N2O/c1-3-5-6-7-8-9-10-16(17)14-11-15(19-4-2)13-18-12-14/h11-13,16H,3-10,17H2,1-2H3. The second-order valence-corrected chi connectivity index (χ2v) is 5.05. The largest absolute Gasteiger partial charge is 0.492 e. The zero-order valence-electron chi connectivity index (χ0n) is 12.4. The van der Waals surface area contributed by atoms with Crippen LogP contribution in [-0.4, -0.2) is 11.6 Å². The minimum absolute atomic E-state index is 0.0825. The lowest BCUT2D eigenvalue weighted by Gasteiger charge is -2.12. The summed E-state index contributed by atoms with van der Waals surface area (Å²) in [5.41, 5.74) is 7.29. The molecule has 0 aliphatic heterocycles. The molecule has 0 fully saturated rings. The molecule has 1 aromatic heterocycles. The van der Waals surface area contributed by atoms with Crippen molar-refractivity contribution in [2.45, 2.75) is 64.8 Å². The summed E-state index contributed by atoms with van der Waals surface area (Å²) < 4.78 is 5.45. The molecule has 19 heavy (non-hydrogen) atoms. The normalized spacial score (nSPS) is 12.4. The molecule has 2 N–H and O–H groups in total. The molecule has 1 aromatic rings. The monoisotopic (exact) mass is 264 g/mol. The fourth-order valence-electron chi connectivity index (χ4n) is 2.20. The molecule has 1 rings (SSSR count). The van der Waals surface area contributed by atoms with Crippen LogP contribution >= 0.6 is 0 Å². The summed E-state index contributed by atoms with van der Waals surface area (Å²) in [5, 5.41) is 0. The number of rotatable bonds is 10. The number of unbranched alkanes of at least 4 members (excludes halogenated alkanes) is 5. The van der Waals surface area contributed by atoms with Crippen molar-refractivity contribution < 1.29 is 4.74 Å². The van der Waals surface area contributed by atoms with Crippen LogP contribution in [0.5, 0.6) is 5.75 Å². The molecule has 0 saturated carbocycles. The van der Waals surface area contributed by atoms with Gasteiger partial charge in [-0.2, -0.15) is 0 Å². The van der Waals surface area contributed by atoms with Gasteiger partial charge in [0.05, 0.1) is 12.8 Å². The molecule has 0 saturated heterocycles. The Bertz CT molecular complexity index is 341. The Balaban J connectivity index is 2.28. The molecule has 3 heteroatoms. The fourth-order valence-corrected chi connectivity index (χ4v) is 2.20. The summed E-state index contributed by atoms with van der Waals surface area (Å²) in [4.78, 5) is 4.19. The van der Waals surface area contributed by atoms with Gasteiger partial charge in [-0.25, -0.2) is 0 Å². The molecule has 0 bridgehead atoms. The second kappa shape index (κ2) is 9.79. The minimum atomic E-state index is 0.0825. The van der Waals surface area contributed by atoms with Gasteiger partial charge in [-0.15, -0.1) is 0 Å². The summed E-state index contributed by atoms with van der Waals surface area (Å²) in [5.74, 6) is 0.818. The topological polar surface area (TPSA) is 48.1 Å². The van der Waals surface area contributed by atoms with E-state index in [9.17, 15) is 0 Å². The zero-order valence-corrected chi connectivity index (χ0v) is 12.4. The lowest BCUT2D eigenvalue weighted by atomic mass is 10.0. The van der Waals surface area contributed by atoms with E-state index >= 15 is 0 Å². The lowest BCUT2D eigenvalue weighted by Crippen LogP contribution is -2.10. The van der Waals surface area contributed by atoms with Gasteiger partial charge in [0.2, 0.25) is 0 Å². The summed E-state index contributed by atoms with van der Waals surface area (Å²) >= 11 is 0. The SMILES string of the molecule is CCCCCCCCC(N)c1cncc(OCC)c1. The number of hydrogen-bond acceptors (Lipinski definition) is 3. The molecule has 0 radical (unpaired) electrons. The Kier molecular flexibility index (Phi) is 8.23. The number of hydrogen-bond donors (Lipinski definition) is 1. The highest BCUT2D eigenvalue weighted by Gasteiger charge is 2.07. The van der Waals surface area contributed by atoms with E-state index in [1.807, 2.05) is 19.2 Å². The smallest absolute Gasteiger partial charge is 0.137 e. The number of aromatic nitrogens is 1. The lowest BCUT2D eigenvalue weighted by molar-refractivity contribution is 0.338. The minimum Gasteiger partial charge on any atom is -0.492 e. The number of pyridine rings is 1. The second-order valence-electron chi connectivity index (χ2n) is 5.05. The van der Waals surface area contributed by atoms with Crippen molar-refractivity contribution in [1.82, 2.24) is 4.98 Å². The number of nitrogens with two attached hydrogens (primary N) is 1. The molecule has 1 heterocycles. The number of nitrogens with zero attached hydrogens (tertiary/aromatic N) is 1. The first-order chi connectivity index (χ1) is 9.27. The average molecular weight is 264 g/mol. The van der Waals surface area contributed by atoms with Crippen LogP contribution in [0.4, 0.5) is 0 Å². The van der Waals surface area contributed by atoms with Gasteiger partial charge in [-0.3, -0.25) is 4.98 Å². The van der Waals surface area contributed by atoms with E-state index in [2.05, 4.69) is 11.9 Å². The molecule has 0 amide bonds. The predicted octanol–water partition coefficient (Wildman–Crippen LogP) is 4.23. The third kappa shape index (κ3) is 6.58. The van der Waals surface area contributed by atoms with Crippen molar-refractivity contribution >= 4 is 0 Å². The van der Waals surface area contributed by atoms with E-state index in [0.717, 1.165) is 17.7 Å². The molecule has 0 aliphatic rings. The average Bonchev–Trinajstić information content (AvgIpc) is 2.43. The molecule has 0 aliphatic carbocycles. The molecule has 3 nitrogen and oxygen atoms in total. The Morgan fingerprint density at radius 3 is 2.58 bits per heavy atom. The summed E-state index contributed by atoms with van der Waals surface area (Å²) in [7, 11) is 0. The van der Waals surface area contributed by atoms with Crippen LogP contribution in [-0.2, 0) is 0 Å². The van der Waals surface area contributed by atoms with Crippen LogP contribution < -0.4 is 10.5 Å². The Morgan fingerprint density at radius 2 is 1.84 bits per heavy atom. The quantitative estimate of drug-likeness (QED) is 0.643. The first-order valence-electron chi connectivity index (χ1n) is 7.61. The Labute approximate surface area is 117 Å². The third-order valence-electron chi connectivity index (χ3n) is 3.34. The van der Waals surface area contributed by atoms with E-state index in [1.165, 1.54) is 38.5 Å². The molecule has 108 valence electrons. The maximum absolute atomic E-state index is 6.21. The predicted molar refractivity (Wildman–Crippen MR) is 80.3 cm³/mol. The van der Waals surface area contributed by atoms with Crippen LogP contribution in [0.15, 0.2) is 18.5 Å². The maximum atomic E-state index is 6.21. The van der Waals surface area contributed by atoms with E-state index < -0.39 is 0 Å². The van der Waals surface area contributed by atoms with Crippen LogP contribution in [0.3, 0.4) is 0 Å². The van der Waals surface area contributed by atoms with Gasteiger partial charge in [0, 0.05) is 12.2 Å². The van der Waals surface area contributed by atoms with Crippen molar-refractivity contribution in [2.75, 3.05) is 6.61 Å². The van der Waals surface area contributed by atoms with Gasteiger partial charge in [-0.1, -0.05) is 45.4 Å². The molecular formula is C16H28N2O. The van der Waals surface area contributed by atoms with Gasteiger partial charge < -0.3 is 10.5 Å². The van der Waals surface area contributed by atoms with Crippen molar-refractivity contribution in [2.24, 2.45) is 5.73 Å². The molecule has 0 spiro atoms. The fraction of sp³-hybridized carbons (Fsp3) is 0.688. The maximum Gasteiger partial charge on any atom is 0.137 e. The van der Waals surface area contributed by atoms with Crippen LogP contribution in [0.25, 0.3) is 0 Å². The van der Waals surface area contributed by atoms with Gasteiger partial charge in [0.25, 0.3) is 0 Å². The Morgan fingerprint density at radius 1 is 1.11 bits per heavy atom. The summed E-state index contributed by atoms with van der Waals surface area (Å²) in [6.45, 7) is 4.88. The third-order valence-corrected chi connectivity index (χ3v) is 3.34. The van der Waals surface area contributed by atoms with Crippen molar-refractivity contribution in [3.05, 3.63) is 24.0 Å². The highest BCUT2D eigenvalue weighted by Crippen LogP contribution is 2.21. The first-order valence-corrected chi connectivity index (χ1v) is 7.61. The zero-order chi connectivity index (χ0) is 13.9. The summed E-state index contributed by atoms with van der Waals surface area (Å²) in [6, 6.07) is 2.09. The van der Waals surface area contributed by atoms with Crippen LogP contribution in [0.2, 0.25) is 0 Å². The van der Waals surface area contributed by atoms with E-state index in [0.29, 0.717) is 6.61 Å². The highest BCUT2D eigenvalue weighted by molar-refractivity contribution is 5.25. The van der Waals surface area contributed by atoms with Crippen molar-refractivity contribution in [3.63, 3.8) is 0 Å². The molecule has 0 aromatic carbocycles. The van der Waals surface area contributed by atoms with Crippen molar-refractivity contribution in [1.29, 1.82) is 0 Å². The number of ether oxygens (including phenoxy) is 1. The van der Waals surface area contributed by atoms with E-state index in [-0.39, 0.29) is 6.04 Å². The van der Waals surface area contributed by atoms with Crippen LogP contribution in [0.1, 0.15) is 70.4 Å². The van der Waals surface area contributed by atoms with Crippen LogP contribution in [0, 0.1) is 0 Å². The van der Waals surface area contributed by atoms with E-state index in [4.69, 9.17) is 10.5 Å². The van der Waals surface area contributed by atoms with Gasteiger partial charge in [-0.05, 0) is 25.0 Å². The summed E-state index contributed by atoms with van der Waals surface area (Å²) in [6.07, 6.45) is 12.4. The van der Waals surface area contributed by atoms with Gasteiger partial charge in [0.15, 0.2) is 0 Å². The molecule has 1 unspecified atom stereocenters. The first kappa shape index (κ1) is 16.0. The Hall–Kier alpha value is -1.09. The molecular weight excluding hydrogens is 236 g/mol. The van der Waals surface area contributed by atoms with E-state index in [1.54, 1.807) is 6.20 Å².